The second-order valence-electron chi connectivity index (χ2n) is 5.69. The molecule has 2 saturated heterocycles. The van der Waals surface area contributed by atoms with Crippen LogP contribution in [0.5, 0.6) is 0 Å². The molecule has 0 radical (unpaired) electrons. The Morgan fingerprint density at radius 2 is 1.82 bits per heavy atom. The van der Waals surface area contributed by atoms with Gasteiger partial charge in [0, 0.05) is 0 Å². The van der Waals surface area contributed by atoms with Crippen molar-refractivity contribution in [3.63, 3.8) is 0 Å². The van der Waals surface area contributed by atoms with Gasteiger partial charge in [-0.15, -0.1) is 0 Å². The topological polar surface area (TPSA) is 3.24 Å². The molecule has 0 amide bonds. The summed E-state index contributed by atoms with van der Waals surface area (Å²) in [6.07, 6.45) is 8.49. The van der Waals surface area contributed by atoms with E-state index in [1.165, 1.54) is 49.3 Å². The number of hydrogen-bond donors (Lipinski definition) is 0. The molecule has 2 aliphatic heterocycles. The Balaban J connectivity index is 1.88. The van der Waals surface area contributed by atoms with Gasteiger partial charge in [-0.25, -0.2) is 0 Å². The Bertz CT molecular complexity index is 388. The van der Waals surface area contributed by atoms with E-state index in [4.69, 9.17) is 0 Å². The Kier molecular flexibility index (Phi) is 3.61. The summed E-state index contributed by atoms with van der Waals surface area (Å²) in [7, 11) is 0. The molecule has 3 rings (SSSR count). The molecule has 0 spiro atoms. The van der Waals surface area contributed by atoms with Crippen LogP contribution in [-0.4, -0.2) is 35.2 Å². The predicted molar refractivity (Wildman–Crippen MR) is 72.8 cm³/mol. The number of nitrogens with zero attached hydrogens (tertiary/aromatic N) is 1. The van der Waals surface area contributed by atoms with Gasteiger partial charge in [0.2, 0.25) is 0 Å². The monoisotopic (exact) mass is 221 g/mol. The molecule has 0 aliphatic carbocycles. The maximum atomic E-state index is 2.80. The average Bonchev–Trinajstić information content (AvgIpc) is 2.39. The SMILES string of the molecule is [Li][c]1ccccc1C1CCCC2CCCCN21. The molecule has 2 heteroatoms. The van der Waals surface area contributed by atoms with E-state index < -0.39 is 0 Å². The summed E-state index contributed by atoms with van der Waals surface area (Å²) in [6.45, 7) is 1.32. The molecule has 0 aromatic heterocycles. The number of benzene rings is 1. The van der Waals surface area contributed by atoms with Crippen molar-refractivity contribution in [2.45, 2.75) is 50.6 Å². The molecule has 2 fully saturated rings. The van der Waals surface area contributed by atoms with Gasteiger partial charge in [-0.1, -0.05) is 0 Å². The van der Waals surface area contributed by atoms with E-state index in [9.17, 15) is 0 Å². The number of piperidine rings is 2. The maximum absolute atomic E-state index is 2.80. The molecule has 0 bridgehead atoms. The summed E-state index contributed by atoms with van der Waals surface area (Å²) in [4.78, 5) is 2.80. The van der Waals surface area contributed by atoms with Gasteiger partial charge in [0.15, 0.2) is 0 Å². The number of hydrogen-bond acceptors (Lipinski definition) is 1. The molecule has 1 nitrogen and oxygen atoms in total. The third-order valence-corrected chi connectivity index (χ3v) is 4.64. The standard InChI is InChI=1S/C15H20N.Li/c1-2-7-13(8-3-1)15-11-6-10-14-9-4-5-12-16(14)15;/h1-3,7,14-15H,4-6,9-12H2;. The van der Waals surface area contributed by atoms with Gasteiger partial charge in [-0.2, -0.15) is 0 Å². The average molecular weight is 221 g/mol. The van der Waals surface area contributed by atoms with Crippen LogP contribution in [0.3, 0.4) is 0 Å². The molecule has 2 aliphatic rings. The Morgan fingerprint density at radius 3 is 2.71 bits per heavy atom. The van der Waals surface area contributed by atoms with E-state index in [0.29, 0.717) is 6.04 Å². The minimum atomic E-state index is 0.704. The van der Waals surface area contributed by atoms with E-state index >= 15 is 0 Å². The normalized spacial score (nSPS) is 30.0. The first-order valence-corrected chi connectivity index (χ1v) is 7.17. The minimum absolute atomic E-state index is 0.704. The fourth-order valence-electron chi connectivity index (χ4n) is 3.75. The van der Waals surface area contributed by atoms with Crippen LogP contribution in [-0.2, 0) is 0 Å². The third kappa shape index (κ3) is 2.34. The van der Waals surface area contributed by atoms with Gasteiger partial charge in [-0.3, -0.25) is 0 Å². The summed E-state index contributed by atoms with van der Waals surface area (Å²) in [5.74, 6) is 0. The van der Waals surface area contributed by atoms with Crippen molar-refractivity contribution in [3.8, 4) is 0 Å². The van der Waals surface area contributed by atoms with E-state index in [2.05, 4.69) is 46.9 Å². The summed E-state index contributed by atoms with van der Waals surface area (Å²) in [6, 6.07) is 10.6. The molecule has 0 N–H and O–H groups in total. The van der Waals surface area contributed by atoms with Crippen LogP contribution < -0.4 is 4.24 Å². The summed E-state index contributed by atoms with van der Waals surface area (Å²) in [5, 5.41) is 0. The Labute approximate surface area is 114 Å². The zero-order valence-electron chi connectivity index (χ0n) is 10.9. The van der Waals surface area contributed by atoms with Gasteiger partial charge in [0.25, 0.3) is 0 Å². The Morgan fingerprint density at radius 1 is 1.00 bits per heavy atom. The van der Waals surface area contributed by atoms with Crippen molar-refractivity contribution in [1.29, 1.82) is 0 Å². The van der Waals surface area contributed by atoms with Gasteiger partial charge in [0.1, 0.15) is 0 Å². The first-order chi connectivity index (χ1) is 8.36. The fraction of sp³-hybridized carbons (Fsp3) is 0.600. The van der Waals surface area contributed by atoms with Gasteiger partial charge < -0.3 is 0 Å². The molecule has 2 atom stereocenters. The number of rotatable bonds is 1. The first kappa shape index (κ1) is 11.8. The van der Waals surface area contributed by atoms with Crippen molar-refractivity contribution in [2.24, 2.45) is 0 Å². The van der Waals surface area contributed by atoms with E-state index in [1.807, 2.05) is 0 Å². The quantitative estimate of drug-likeness (QED) is 0.659. The molecule has 86 valence electrons. The van der Waals surface area contributed by atoms with Crippen molar-refractivity contribution in [1.82, 2.24) is 4.90 Å². The molecular weight excluding hydrogens is 201 g/mol. The van der Waals surface area contributed by atoms with Crippen LogP contribution in [0.15, 0.2) is 24.3 Å². The summed E-state index contributed by atoms with van der Waals surface area (Å²) in [5.41, 5.74) is 1.58. The molecule has 1 aromatic rings. The van der Waals surface area contributed by atoms with Crippen LogP contribution in [0.4, 0.5) is 0 Å². The van der Waals surface area contributed by atoms with Crippen LogP contribution >= 0.6 is 0 Å². The molecule has 0 saturated carbocycles. The van der Waals surface area contributed by atoms with Crippen molar-refractivity contribution >= 4 is 22.0 Å². The van der Waals surface area contributed by atoms with Gasteiger partial charge in [-0.05, 0) is 0 Å². The zero-order valence-corrected chi connectivity index (χ0v) is 10.9. The van der Waals surface area contributed by atoms with Gasteiger partial charge >= 0.3 is 114 Å². The van der Waals surface area contributed by atoms with E-state index in [1.54, 1.807) is 5.56 Å². The van der Waals surface area contributed by atoms with Crippen molar-refractivity contribution < 1.29 is 0 Å². The van der Waals surface area contributed by atoms with Crippen LogP contribution in [0.2, 0.25) is 0 Å². The summed E-state index contributed by atoms with van der Waals surface area (Å²) >= 11 is 2.27. The van der Waals surface area contributed by atoms with Crippen molar-refractivity contribution in [2.75, 3.05) is 6.54 Å². The molecule has 2 unspecified atom stereocenters. The second-order valence-corrected chi connectivity index (χ2v) is 5.69. The van der Waals surface area contributed by atoms with E-state index in [-0.39, 0.29) is 0 Å². The van der Waals surface area contributed by atoms with E-state index in [0.717, 1.165) is 6.04 Å². The zero-order chi connectivity index (χ0) is 11.7. The van der Waals surface area contributed by atoms with Gasteiger partial charge in [0.05, 0.1) is 0 Å². The molecule has 2 heterocycles. The van der Waals surface area contributed by atoms with Crippen LogP contribution in [0, 0.1) is 0 Å². The molecule has 1 aromatic carbocycles. The van der Waals surface area contributed by atoms with Crippen LogP contribution in [0.25, 0.3) is 0 Å². The fourth-order valence-corrected chi connectivity index (χ4v) is 3.75. The third-order valence-electron chi connectivity index (χ3n) is 4.64. The molecular formula is C15H20LiN. The predicted octanol–water partition coefficient (Wildman–Crippen LogP) is 2.56. The van der Waals surface area contributed by atoms with Crippen LogP contribution in [0.1, 0.15) is 50.1 Å². The first-order valence-electron chi connectivity index (χ1n) is 7.17. The second kappa shape index (κ2) is 5.19. The number of fused-ring (bicyclic) bond motifs is 1. The molecule has 17 heavy (non-hydrogen) atoms. The van der Waals surface area contributed by atoms with Crippen molar-refractivity contribution in [3.05, 3.63) is 29.8 Å². The Hall–Kier alpha value is -0.223. The summed E-state index contributed by atoms with van der Waals surface area (Å²) < 4.78 is 1.48.